The molecule has 2 aromatic carbocycles. The minimum absolute atomic E-state index is 0.105. The lowest BCUT2D eigenvalue weighted by atomic mass is 9.99. The summed E-state index contributed by atoms with van der Waals surface area (Å²) in [5.41, 5.74) is 0.513. The molecule has 0 spiro atoms. The Kier molecular flexibility index (Phi) is 5.51. The second kappa shape index (κ2) is 8.10. The van der Waals surface area contributed by atoms with Gasteiger partial charge >= 0.3 is 0 Å². The smallest absolute Gasteiger partial charge is 0.236 e. The van der Waals surface area contributed by atoms with Crippen LogP contribution in [-0.4, -0.2) is 33.6 Å². The average Bonchev–Trinajstić information content (AvgIpc) is 3.21. The Labute approximate surface area is 175 Å². The van der Waals surface area contributed by atoms with E-state index in [4.69, 9.17) is 9.15 Å². The molecule has 3 aromatic rings. The summed E-state index contributed by atoms with van der Waals surface area (Å²) in [5, 5.41) is -0.124. The Bertz CT molecular complexity index is 1120. The molecule has 0 bridgehead atoms. The maximum Gasteiger partial charge on any atom is 0.236 e. The molecular formula is C22H23FN2O4S. The number of hydrogen-bond donors (Lipinski definition) is 0. The zero-order valence-electron chi connectivity index (χ0n) is 16.8. The lowest BCUT2D eigenvalue weighted by Crippen LogP contribution is -2.33. The number of aromatic nitrogens is 1. The van der Waals surface area contributed by atoms with Crippen LogP contribution in [0.4, 0.5) is 10.3 Å². The maximum atomic E-state index is 13.4. The van der Waals surface area contributed by atoms with E-state index in [2.05, 4.69) is 11.9 Å². The molecule has 30 heavy (non-hydrogen) atoms. The van der Waals surface area contributed by atoms with Crippen LogP contribution in [0.15, 0.2) is 62.9 Å². The molecule has 0 amide bonds. The summed E-state index contributed by atoms with van der Waals surface area (Å²) in [7, 11) is -2.41. The summed E-state index contributed by atoms with van der Waals surface area (Å²) in [6.45, 7) is 3.55. The van der Waals surface area contributed by atoms with Gasteiger partial charge in [0, 0.05) is 18.7 Å². The second-order valence-electron chi connectivity index (χ2n) is 7.48. The van der Waals surface area contributed by atoms with Gasteiger partial charge in [-0.25, -0.2) is 12.8 Å². The highest BCUT2D eigenvalue weighted by atomic mass is 32.2. The number of benzene rings is 2. The van der Waals surface area contributed by atoms with Crippen LogP contribution in [0, 0.1) is 11.7 Å². The third-order valence-corrected chi connectivity index (χ3v) is 7.03. The SMILES string of the molecule is COc1ccc(S(=O)(=O)c2nc(-c3ccc(F)cc3)oc2N2CCC(C)CC2)cc1. The first kappa shape index (κ1) is 20.4. The van der Waals surface area contributed by atoms with Crippen molar-refractivity contribution in [1.82, 2.24) is 4.98 Å². The van der Waals surface area contributed by atoms with Gasteiger partial charge in [0.25, 0.3) is 0 Å². The molecule has 0 atom stereocenters. The minimum Gasteiger partial charge on any atom is -0.497 e. The number of halogens is 1. The van der Waals surface area contributed by atoms with Crippen LogP contribution in [0.5, 0.6) is 5.75 Å². The van der Waals surface area contributed by atoms with E-state index in [-0.39, 0.29) is 27.5 Å². The molecule has 1 aliphatic rings. The van der Waals surface area contributed by atoms with Crippen LogP contribution in [0.2, 0.25) is 0 Å². The Morgan fingerprint density at radius 3 is 2.30 bits per heavy atom. The van der Waals surface area contributed by atoms with Crippen LogP contribution >= 0.6 is 0 Å². The quantitative estimate of drug-likeness (QED) is 0.591. The monoisotopic (exact) mass is 430 g/mol. The largest absolute Gasteiger partial charge is 0.497 e. The summed E-state index contributed by atoms with van der Waals surface area (Å²) in [6.07, 6.45) is 1.88. The first-order valence-electron chi connectivity index (χ1n) is 9.79. The molecular weight excluding hydrogens is 407 g/mol. The number of rotatable bonds is 5. The predicted molar refractivity (Wildman–Crippen MR) is 111 cm³/mol. The molecule has 0 saturated carbocycles. The summed E-state index contributed by atoms with van der Waals surface area (Å²) >= 11 is 0. The summed E-state index contributed by atoms with van der Waals surface area (Å²) in [6, 6.07) is 11.8. The molecule has 8 heteroatoms. The molecule has 1 aromatic heterocycles. The van der Waals surface area contributed by atoms with E-state index in [9.17, 15) is 12.8 Å². The molecule has 6 nitrogen and oxygen atoms in total. The van der Waals surface area contributed by atoms with Crippen molar-refractivity contribution < 1.29 is 22.0 Å². The number of piperidine rings is 1. The van der Waals surface area contributed by atoms with Crippen LogP contribution in [0.25, 0.3) is 11.5 Å². The van der Waals surface area contributed by atoms with Gasteiger partial charge in [-0.3, -0.25) is 0 Å². The van der Waals surface area contributed by atoms with E-state index >= 15 is 0 Å². The Hall–Kier alpha value is -2.87. The fourth-order valence-corrected chi connectivity index (χ4v) is 4.79. The summed E-state index contributed by atoms with van der Waals surface area (Å²) in [4.78, 5) is 6.38. The Morgan fingerprint density at radius 2 is 1.70 bits per heavy atom. The van der Waals surface area contributed by atoms with Crippen molar-refractivity contribution in [3.8, 4) is 17.2 Å². The van der Waals surface area contributed by atoms with E-state index in [0.717, 1.165) is 12.8 Å². The first-order chi connectivity index (χ1) is 14.4. The van der Waals surface area contributed by atoms with Gasteiger partial charge in [0.1, 0.15) is 11.6 Å². The maximum absolute atomic E-state index is 13.4. The number of methoxy groups -OCH3 is 1. The molecule has 0 radical (unpaired) electrons. The van der Waals surface area contributed by atoms with Crippen molar-refractivity contribution >= 4 is 15.7 Å². The van der Waals surface area contributed by atoms with Gasteiger partial charge in [-0.05, 0) is 67.3 Å². The van der Waals surface area contributed by atoms with E-state index in [1.807, 2.05) is 4.90 Å². The topological polar surface area (TPSA) is 72.6 Å². The first-order valence-corrected chi connectivity index (χ1v) is 11.3. The third kappa shape index (κ3) is 3.92. The molecule has 1 aliphatic heterocycles. The van der Waals surface area contributed by atoms with Crippen molar-refractivity contribution in [2.24, 2.45) is 5.92 Å². The number of ether oxygens (including phenoxy) is 1. The van der Waals surface area contributed by atoms with Gasteiger partial charge in [0.05, 0.1) is 12.0 Å². The highest BCUT2D eigenvalue weighted by Gasteiger charge is 2.32. The zero-order valence-corrected chi connectivity index (χ0v) is 17.7. The van der Waals surface area contributed by atoms with Crippen molar-refractivity contribution in [1.29, 1.82) is 0 Å². The molecule has 2 heterocycles. The van der Waals surface area contributed by atoms with Crippen LogP contribution in [-0.2, 0) is 9.84 Å². The Balaban J connectivity index is 1.80. The minimum atomic E-state index is -3.93. The fourth-order valence-electron chi connectivity index (χ4n) is 3.47. The van der Waals surface area contributed by atoms with Gasteiger partial charge < -0.3 is 14.1 Å². The average molecular weight is 431 g/mol. The van der Waals surface area contributed by atoms with Gasteiger partial charge in [0.2, 0.25) is 26.6 Å². The van der Waals surface area contributed by atoms with Crippen LogP contribution in [0.3, 0.4) is 0 Å². The number of hydrogen-bond acceptors (Lipinski definition) is 6. The number of nitrogens with zero attached hydrogens (tertiary/aromatic N) is 2. The molecule has 1 fully saturated rings. The van der Waals surface area contributed by atoms with Gasteiger partial charge in [0.15, 0.2) is 0 Å². The highest BCUT2D eigenvalue weighted by molar-refractivity contribution is 7.91. The number of sulfone groups is 1. The van der Waals surface area contributed by atoms with E-state index in [1.54, 1.807) is 12.1 Å². The molecule has 0 unspecified atom stereocenters. The molecule has 0 N–H and O–H groups in total. The lowest BCUT2D eigenvalue weighted by molar-refractivity contribution is 0.414. The van der Waals surface area contributed by atoms with Gasteiger partial charge in [-0.15, -0.1) is 0 Å². The van der Waals surface area contributed by atoms with E-state index in [1.165, 1.54) is 43.5 Å². The zero-order chi connectivity index (χ0) is 21.3. The van der Waals surface area contributed by atoms with E-state index in [0.29, 0.717) is 30.3 Å². The number of oxazole rings is 1. The van der Waals surface area contributed by atoms with Crippen molar-refractivity contribution in [2.45, 2.75) is 29.7 Å². The standard InChI is InChI=1S/C22H23FN2O4S/c1-15-11-13-25(14-12-15)22-21(24-20(29-22)16-3-5-17(23)6-4-16)30(26,27)19-9-7-18(28-2)8-10-19/h3-10,15H,11-14H2,1-2H3. The van der Waals surface area contributed by atoms with E-state index < -0.39 is 9.84 Å². The third-order valence-electron chi connectivity index (χ3n) is 5.37. The summed E-state index contributed by atoms with van der Waals surface area (Å²) < 4.78 is 51.2. The van der Waals surface area contributed by atoms with Gasteiger partial charge in [-0.2, -0.15) is 4.98 Å². The molecule has 4 rings (SSSR count). The summed E-state index contributed by atoms with van der Waals surface area (Å²) in [5.74, 6) is 1.13. The lowest BCUT2D eigenvalue weighted by Gasteiger charge is -2.30. The molecule has 158 valence electrons. The predicted octanol–water partition coefficient (Wildman–Crippen LogP) is 4.56. The normalized spacial score (nSPS) is 15.4. The molecule has 1 saturated heterocycles. The van der Waals surface area contributed by atoms with Gasteiger partial charge in [-0.1, -0.05) is 6.92 Å². The van der Waals surface area contributed by atoms with Crippen molar-refractivity contribution in [2.75, 3.05) is 25.1 Å². The Morgan fingerprint density at radius 1 is 1.07 bits per heavy atom. The van der Waals surface area contributed by atoms with Crippen molar-refractivity contribution in [3.05, 3.63) is 54.3 Å². The number of anilines is 1. The van der Waals surface area contributed by atoms with Crippen molar-refractivity contribution in [3.63, 3.8) is 0 Å². The molecule has 0 aliphatic carbocycles. The fraction of sp³-hybridized carbons (Fsp3) is 0.318. The highest BCUT2D eigenvalue weighted by Crippen LogP contribution is 2.36. The van der Waals surface area contributed by atoms with Crippen LogP contribution < -0.4 is 9.64 Å². The van der Waals surface area contributed by atoms with Crippen LogP contribution in [0.1, 0.15) is 19.8 Å². The second-order valence-corrected chi connectivity index (χ2v) is 9.35.